The number of methoxy groups -OCH3 is 1. The van der Waals surface area contributed by atoms with Crippen LogP contribution in [0, 0.1) is 0 Å². The topological polar surface area (TPSA) is 54.6 Å². The zero-order valence-corrected chi connectivity index (χ0v) is 8.62. The first kappa shape index (κ1) is 11.2. The molecule has 0 aliphatic heterocycles. The van der Waals surface area contributed by atoms with Crippen molar-refractivity contribution >= 4 is 0 Å². The van der Waals surface area contributed by atoms with Crippen LogP contribution in [0.3, 0.4) is 0 Å². The Morgan fingerprint density at radius 1 is 1.50 bits per heavy atom. The highest BCUT2D eigenvalue weighted by molar-refractivity contribution is 5.06. The minimum Gasteiger partial charge on any atom is -0.462 e. The molecule has 1 heterocycles. The van der Waals surface area contributed by atoms with Crippen LogP contribution in [0.1, 0.15) is 18.4 Å². The van der Waals surface area contributed by atoms with E-state index in [9.17, 15) is 0 Å². The summed E-state index contributed by atoms with van der Waals surface area (Å²) < 4.78 is 10.3. The molecule has 1 rings (SSSR count). The lowest BCUT2D eigenvalue weighted by molar-refractivity contribution is 0.170. The van der Waals surface area contributed by atoms with E-state index in [1.165, 1.54) is 0 Å². The van der Waals surface area contributed by atoms with Crippen molar-refractivity contribution in [3.05, 3.63) is 23.7 Å². The van der Waals surface area contributed by atoms with Crippen molar-refractivity contribution in [3.63, 3.8) is 0 Å². The zero-order valence-electron chi connectivity index (χ0n) is 8.62. The molecular formula is C10H17NO3. The number of hydrogen-bond donors (Lipinski definition) is 2. The largest absolute Gasteiger partial charge is 0.462 e. The van der Waals surface area contributed by atoms with Crippen molar-refractivity contribution in [2.45, 2.75) is 26.1 Å². The second kappa shape index (κ2) is 5.80. The Balaban J connectivity index is 2.30. The number of nitrogens with one attached hydrogen (secondary N) is 1. The molecule has 0 aromatic carbocycles. The van der Waals surface area contributed by atoms with E-state index in [1.807, 2.05) is 13.0 Å². The molecule has 2 N–H and O–H groups in total. The average molecular weight is 199 g/mol. The van der Waals surface area contributed by atoms with Crippen molar-refractivity contribution in [2.24, 2.45) is 0 Å². The number of ether oxygens (including phenoxy) is 1. The van der Waals surface area contributed by atoms with E-state index in [1.54, 1.807) is 13.2 Å². The standard InChI is InChI=1S/C10H17NO3/c1-8(7-13-2)11-5-9-3-4-10(6-12)14-9/h3-4,8,11-12H,5-7H2,1-2H3/t8-/m1/s1. The normalized spacial score (nSPS) is 13.1. The fourth-order valence-corrected chi connectivity index (χ4v) is 1.19. The van der Waals surface area contributed by atoms with Gasteiger partial charge in [0.25, 0.3) is 0 Å². The first-order chi connectivity index (χ1) is 6.76. The summed E-state index contributed by atoms with van der Waals surface area (Å²) in [7, 11) is 1.68. The molecule has 0 amide bonds. The smallest absolute Gasteiger partial charge is 0.129 e. The molecule has 0 saturated heterocycles. The molecule has 0 radical (unpaired) electrons. The van der Waals surface area contributed by atoms with Crippen LogP contribution in [0.4, 0.5) is 0 Å². The second-order valence-corrected chi connectivity index (χ2v) is 3.26. The Morgan fingerprint density at radius 2 is 2.21 bits per heavy atom. The Labute approximate surface area is 83.9 Å². The molecule has 0 fully saturated rings. The van der Waals surface area contributed by atoms with Gasteiger partial charge in [0.2, 0.25) is 0 Å². The molecule has 1 aromatic heterocycles. The Kier molecular flexibility index (Phi) is 4.65. The van der Waals surface area contributed by atoms with Crippen molar-refractivity contribution in [2.75, 3.05) is 13.7 Å². The summed E-state index contributed by atoms with van der Waals surface area (Å²) in [5, 5.41) is 12.0. The fraction of sp³-hybridized carbons (Fsp3) is 0.600. The third-order valence-electron chi connectivity index (χ3n) is 1.91. The van der Waals surface area contributed by atoms with Crippen LogP contribution in [0.5, 0.6) is 0 Å². The monoisotopic (exact) mass is 199 g/mol. The maximum Gasteiger partial charge on any atom is 0.129 e. The molecule has 4 nitrogen and oxygen atoms in total. The average Bonchev–Trinajstić information content (AvgIpc) is 2.63. The van der Waals surface area contributed by atoms with Crippen LogP contribution < -0.4 is 5.32 Å². The Hall–Kier alpha value is -0.840. The molecule has 14 heavy (non-hydrogen) atoms. The molecule has 0 unspecified atom stereocenters. The summed E-state index contributed by atoms with van der Waals surface area (Å²) in [6.07, 6.45) is 0. The number of furan rings is 1. The van der Waals surface area contributed by atoms with E-state index < -0.39 is 0 Å². The number of aliphatic hydroxyl groups excluding tert-OH is 1. The second-order valence-electron chi connectivity index (χ2n) is 3.26. The molecular weight excluding hydrogens is 182 g/mol. The van der Waals surface area contributed by atoms with Crippen LogP contribution in [0.25, 0.3) is 0 Å². The molecule has 1 aromatic rings. The molecule has 0 aliphatic carbocycles. The first-order valence-electron chi connectivity index (χ1n) is 4.67. The molecule has 0 saturated carbocycles. The van der Waals surface area contributed by atoms with Gasteiger partial charge < -0.3 is 19.6 Å². The van der Waals surface area contributed by atoms with Crippen LogP contribution in [-0.4, -0.2) is 24.9 Å². The quantitative estimate of drug-likeness (QED) is 0.714. The highest BCUT2D eigenvalue weighted by atomic mass is 16.5. The SMILES string of the molecule is COC[C@@H](C)NCc1ccc(CO)o1. The number of hydrogen-bond acceptors (Lipinski definition) is 4. The summed E-state index contributed by atoms with van der Waals surface area (Å²) in [5.41, 5.74) is 0. The molecule has 80 valence electrons. The van der Waals surface area contributed by atoms with Gasteiger partial charge >= 0.3 is 0 Å². The highest BCUT2D eigenvalue weighted by Crippen LogP contribution is 2.07. The van der Waals surface area contributed by atoms with Crippen LogP contribution in [0.2, 0.25) is 0 Å². The number of rotatable bonds is 6. The van der Waals surface area contributed by atoms with Gasteiger partial charge in [-0.25, -0.2) is 0 Å². The van der Waals surface area contributed by atoms with Gasteiger partial charge in [-0.2, -0.15) is 0 Å². The lowest BCUT2D eigenvalue weighted by Crippen LogP contribution is -2.29. The lowest BCUT2D eigenvalue weighted by atomic mass is 10.3. The third kappa shape index (κ3) is 3.49. The van der Waals surface area contributed by atoms with E-state index >= 15 is 0 Å². The third-order valence-corrected chi connectivity index (χ3v) is 1.91. The van der Waals surface area contributed by atoms with Gasteiger partial charge in [0, 0.05) is 13.2 Å². The van der Waals surface area contributed by atoms with E-state index in [2.05, 4.69) is 5.32 Å². The Morgan fingerprint density at radius 3 is 2.79 bits per heavy atom. The molecule has 0 bridgehead atoms. The summed E-state index contributed by atoms with van der Waals surface area (Å²) in [5.74, 6) is 1.43. The van der Waals surface area contributed by atoms with E-state index in [-0.39, 0.29) is 6.61 Å². The van der Waals surface area contributed by atoms with E-state index in [4.69, 9.17) is 14.3 Å². The van der Waals surface area contributed by atoms with Crippen LogP contribution in [-0.2, 0) is 17.9 Å². The van der Waals surface area contributed by atoms with Crippen molar-refractivity contribution in [1.82, 2.24) is 5.32 Å². The maximum absolute atomic E-state index is 8.78. The van der Waals surface area contributed by atoms with Gasteiger partial charge in [-0.3, -0.25) is 0 Å². The maximum atomic E-state index is 8.78. The van der Waals surface area contributed by atoms with Crippen molar-refractivity contribution in [3.8, 4) is 0 Å². The van der Waals surface area contributed by atoms with Gasteiger partial charge in [-0.15, -0.1) is 0 Å². The molecule has 1 atom stereocenters. The summed E-state index contributed by atoms with van der Waals surface area (Å²) >= 11 is 0. The van der Waals surface area contributed by atoms with Gasteiger partial charge in [0.1, 0.15) is 18.1 Å². The van der Waals surface area contributed by atoms with E-state index in [0.29, 0.717) is 25.0 Å². The Bertz CT molecular complexity index is 260. The molecule has 0 spiro atoms. The minimum atomic E-state index is -0.0480. The first-order valence-corrected chi connectivity index (χ1v) is 4.67. The minimum absolute atomic E-state index is 0.0480. The summed E-state index contributed by atoms with van der Waals surface area (Å²) in [6.45, 7) is 3.32. The predicted octanol–water partition coefficient (Wildman–Crippen LogP) is 0.896. The summed E-state index contributed by atoms with van der Waals surface area (Å²) in [4.78, 5) is 0. The van der Waals surface area contributed by atoms with Gasteiger partial charge in [0.15, 0.2) is 0 Å². The van der Waals surface area contributed by atoms with Crippen LogP contribution in [0.15, 0.2) is 16.5 Å². The highest BCUT2D eigenvalue weighted by Gasteiger charge is 2.03. The lowest BCUT2D eigenvalue weighted by Gasteiger charge is -2.10. The molecule has 0 aliphatic rings. The van der Waals surface area contributed by atoms with Crippen LogP contribution >= 0.6 is 0 Å². The van der Waals surface area contributed by atoms with Gasteiger partial charge in [-0.1, -0.05) is 0 Å². The molecule has 4 heteroatoms. The predicted molar refractivity (Wildman–Crippen MR) is 52.8 cm³/mol. The van der Waals surface area contributed by atoms with Crippen molar-refractivity contribution < 1.29 is 14.3 Å². The van der Waals surface area contributed by atoms with Gasteiger partial charge in [0.05, 0.1) is 13.2 Å². The summed E-state index contributed by atoms with van der Waals surface area (Å²) in [6, 6.07) is 3.93. The van der Waals surface area contributed by atoms with E-state index in [0.717, 1.165) is 5.76 Å². The fourth-order valence-electron chi connectivity index (χ4n) is 1.19. The zero-order chi connectivity index (χ0) is 10.4. The van der Waals surface area contributed by atoms with Gasteiger partial charge in [-0.05, 0) is 19.1 Å². The van der Waals surface area contributed by atoms with Crippen molar-refractivity contribution in [1.29, 1.82) is 0 Å². The number of aliphatic hydroxyl groups is 1.